The normalized spacial score (nSPS) is 11.4. The second-order valence-electron chi connectivity index (χ2n) is 2.47. The molecule has 0 amide bonds. The molecule has 1 aromatic carbocycles. The van der Waals surface area contributed by atoms with Gasteiger partial charge in [-0.25, -0.2) is 0 Å². The van der Waals surface area contributed by atoms with Gasteiger partial charge in [-0.2, -0.15) is 0 Å². The third-order valence-corrected chi connectivity index (χ3v) is 2.56. The maximum atomic E-state index is 10.8. The van der Waals surface area contributed by atoms with Gasteiger partial charge in [0.15, 0.2) is 0 Å². The molecule has 0 spiro atoms. The molecule has 0 saturated carbocycles. The van der Waals surface area contributed by atoms with Crippen LogP contribution in [0.25, 0.3) is 0 Å². The average Bonchev–Trinajstić information content (AvgIpc) is 2.01. The summed E-state index contributed by atoms with van der Waals surface area (Å²) in [6.07, 6.45) is 0. The van der Waals surface area contributed by atoms with Crippen LogP contribution in [0.3, 0.4) is 0 Å². The van der Waals surface area contributed by atoms with E-state index < -0.39 is 23.5 Å². The van der Waals surface area contributed by atoms with Gasteiger partial charge in [-0.05, 0) is 6.07 Å². The summed E-state index contributed by atoms with van der Waals surface area (Å²) in [6, 6.07) is 2.81. The van der Waals surface area contributed by atoms with Crippen molar-refractivity contribution in [3.8, 4) is 0 Å². The van der Waals surface area contributed by atoms with Gasteiger partial charge in [-0.15, -0.1) is 0 Å². The van der Waals surface area contributed by atoms with Crippen LogP contribution in [-0.4, -0.2) is 14.7 Å². The monoisotopic (exact) mass is 237 g/mol. The van der Waals surface area contributed by atoms with Crippen molar-refractivity contribution in [2.45, 2.75) is 0 Å². The lowest BCUT2D eigenvalue weighted by atomic mass is 10.3. The Morgan fingerprint density at radius 3 is 2.36 bits per heavy atom. The zero-order chi connectivity index (χ0) is 10.9. The molecule has 0 aliphatic carbocycles. The van der Waals surface area contributed by atoms with Crippen LogP contribution in [0.15, 0.2) is 18.2 Å². The van der Waals surface area contributed by atoms with Gasteiger partial charge in [0.2, 0.25) is 0 Å². The third kappa shape index (κ3) is 2.52. The van der Waals surface area contributed by atoms with Gasteiger partial charge >= 0.3 is 7.60 Å². The second kappa shape index (κ2) is 3.67. The highest BCUT2D eigenvalue weighted by Gasteiger charge is 2.21. The van der Waals surface area contributed by atoms with E-state index in [2.05, 4.69) is 0 Å². The topological polar surface area (TPSA) is 101 Å². The number of halogens is 1. The van der Waals surface area contributed by atoms with Gasteiger partial charge in [-0.1, -0.05) is 11.6 Å². The minimum atomic E-state index is -4.50. The van der Waals surface area contributed by atoms with E-state index in [9.17, 15) is 14.7 Å². The van der Waals surface area contributed by atoms with Crippen molar-refractivity contribution in [2.75, 3.05) is 0 Å². The molecule has 0 radical (unpaired) electrons. The highest BCUT2D eigenvalue weighted by Crippen LogP contribution is 2.35. The zero-order valence-corrected chi connectivity index (χ0v) is 8.27. The summed E-state index contributed by atoms with van der Waals surface area (Å²) in [5.74, 6) is 0. The lowest BCUT2D eigenvalue weighted by Crippen LogP contribution is -2.05. The lowest BCUT2D eigenvalue weighted by molar-refractivity contribution is -0.384. The molecule has 76 valence electrons. The molecule has 0 aliphatic rings. The first kappa shape index (κ1) is 11.1. The van der Waals surface area contributed by atoms with Crippen molar-refractivity contribution in [1.82, 2.24) is 0 Å². The third-order valence-electron chi connectivity index (χ3n) is 1.41. The first-order valence-electron chi connectivity index (χ1n) is 3.32. The summed E-state index contributed by atoms with van der Waals surface area (Å²) < 4.78 is 10.8. The van der Waals surface area contributed by atoms with Gasteiger partial charge in [0.25, 0.3) is 5.69 Å². The molecule has 8 heteroatoms. The number of hydrogen-bond donors (Lipinski definition) is 2. The van der Waals surface area contributed by atoms with E-state index in [0.29, 0.717) is 0 Å². The van der Waals surface area contributed by atoms with Crippen molar-refractivity contribution in [2.24, 2.45) is 0 Å². The molecular weight excluding hydrogens is 232 g/mol. The van der Waals surface area contributed by atoms with Crippen LogP contribution in [0.5, 0.6) is 0 Å². The molecule has 1 rings (SSSR count). The molecule has 0 bridgehead atoms. The Morgan fingerprint density at radius 2 is 1.93 bits per heavy atom. The van der Waals surface area contributed by atoms with Crippen molar-refractivity contribution in [1.29, 1.82) is 0 Å². The van der Waals surface area contributed by atoms with E-state index in [1.165, 1.54) is 0 Å². The van der Waals surface area contributed by atoms with E-state index in [4.69, 9.17) is 21.4 Å². The Balaban J connectivity index is 3.35. The number of hydrogen-bond acceptors (Lipinski definition) is 3. The van der Waals surface area contributed by atoms with E-state index in [0.717, 1.165) is 18.2 Å². The molecule has 0 heterocycles. The fourth-order valence-electron chi connectivity index (χ4n) is 0.833. The molecule has 0 atom stereocenters. The first-order valence-corrected chi connectivity index (χ1v) is 5.31. The lowest BCUT2D eigenvalue weighted by Gasteiger charge is -2.03. The van der Waals surface area contributed by atoms with Gasteiger partial charge in [0.05, 0.1) is 10.2 Å². The molecule has 14 heavy (non-hydrogen) atoms. The SMILES string of the molecule is O=[N+]([O-])c1cc(Cl)cc(P(=O)(O)O)c1. The number of nitrogens with zero attached hydrogens (tertiary/aromatic N) is 1. The Hall–Kier alpha value is -0.940. The van der Waals surface area contributed by atoms with Gasteiger partial charge in [-0.3, -0.25) is 14.7 Å². The standard InChI is InChI=1S/C6H5ClNO5P/c7-4-1-5(8(9)10)3-6(2-4)14(11,12)13/h1-3H,(H2,11,12,13). The quantitative estimate of drug-likeness (QED) is 0.455. The molecule has 0 aromatic heterocycles. The Bertz CT molecular complexity index is 428. The van der Waals surface area contributed by atoms with Gasteiger partial charge in [0.1, 0.15) is 0 Å². The smallest absolute Gasteiger partial charge is 0.321 e. The molecule has 1 aromatic rings. The van der Waals surface area contributed by atoms with Gasteiger partial charge < -0.3 is 9.79 Å². The summed E-state index contributed by atoms with van der Waals surface area (Å²) in [4.78, 5) is 27.1. The molecule has 0 saturated heterocycles. The van der Waals surface area contributed by atoms with E-state index in [1.54, 1.807) is 0 Å². The summed E-state index contributed by atoms with van der Waals surface area (Å²) >= 11 is 5.45. The van der Waals surface area contributed by atoms with Crippen molar-refractivity contribution < 1.29 is 19.3 Å². The maximum absolute atomic E-state index is 10.8. The van der Waals surface area contributed by atoms with Crippen LogP contribution in [0.1, 0.15) is 0 Å². The fourth-order valence-corrected chi connectivity index (χ4v) is 1.75. The number of nitro groups is 1. The highest BCUT2D eigenvalue weighted by molar-refractivity contribution is 7.60. The summed E-state index contributed by atoms with van der Waals surface area (Å²) in [5, 5.41) is 9.78. The largest absolute Gasteiger partial charge is 0.356 e. The summed E-state index contributed by atoms with van der Waals surface area (Å²) in [6.45, 7) is 0. The Kier molecular flexibility index (Phi) is 2.92. The van der Waals surface area contributed by atoms with Crippen LogP contribution >= 0.6 is 19.2 Å². The highest BCUT2D eigenvalue weighted by atomic mass is 35.5. The fraction of sp³-hybridized carbons (Fsp3) is 0. The number of nitro benzene ring substituents is 1. The van der Waals surface area contributed by atoms with E-state index in [1.807, 2.05) is 0 Å². The van der Waals surface area contributed by atoms with Crippen molar-refractivity contribution in [3.63, 3.8) is 0 Å². The minimum Gasteiger partial charge on any atom is -0.321 e. The molecule has 2 N–H and O–H groups in total. The molecule has 0 aliphatic heterocycles. The first-order chi connectivity index (χ1) is 6.30. The summed E-state index contributed by atoms with van der Waals surface area (Å²) in [7, 11) is -4.50. The Morgan fingerprint density at radius 1 is 1.36 bits per heavy atom. The number of non-ortho nitro benzene ring substituents is 1. The average molecular weight is 238 g/mol. The predicted molar refractivity (Wildman–Crippen MR) is 49.8 cm³/mol. The van der Waals surface area contributed by atoms with E-state index >= 15 is 0 Å². The Labute approximate surface area is 83.4 Å². The summed E-state index contributed by atoms with van der Waals surface area (Å²) in [5.41, 5.74) is -0.448. The van der Waals surface area contributed by atoms with Gasteiger partial charge in [0, 0.05) is 17.2 Å². The molecule has 0 unspecified atom stereocenters. The van der Waals surface area contributed by atoms with Crippen molar-refractivity contribution >= 4 is 30.2 Å². The molecule has 6 nitrogen and oxygen atoms in total. The molecular formula is C6H5ClNO5P. The minimum absolute atomic E-state index is 0.0856. The van der Waals surface area contributed by atoms with Crippen LogP contribution in [0.4, 0.5) is 5.69 Å². The zero-order valence-electron chi connectivity index (χ0n) is 6.62. The van der Waals surface area contributed by atoms with Crippen LogP contribution < -0.4 is 5.30 Å². The van der Waals surface area contributed by atoms with Crippen LogP contribution in [-0.2, 0) is 4.57 Å². The number of rotatable bonds is 2. The maximum Gasteiger partial charge on any atom is 0.356 e. The van der Waals surface area contributed by atoms with E-state index in [-0.39, 0.29) is 5.02 Å². The van der Waals surface area contributed by atoms with Crippen molar-refractivity contribution in [3.05, 3.63) is 33.3 Å². The molecule has 0 fully saturated rings. The number of benzene rings is 1. The van der Waals surface area contributed by atoms with Crippen LogP contribution in [0, 0.1) is 10.1 Å². The predicted octanol–water partition coefficient (Wildman–Crippen LogP) is 1.05. The second-order valence-corrected chi connectivity index (χ2v) is 4.51. The van der Waals surface area contributed by atoms with Crippen LogP contribution in [0.2, 0.25) is 5.02 Å².